The van der Waals surface area contributed by atoms with E-state index in [1.54, 1.807) is 35.5 Å². The normalized spacial score (nSPS) is 14.3. The number of anilines is 1. The molecule has 76 valence electrons. The zero-order valence-electron chi connectivity index (χ0n) is 7.68. The van der Waals surface area contributed by atoms with Gasteiger partial charge in [0.15, 0.2) is 5.13 Å². The number of benzene rings is 1. The molecule has 1 aliphatic heterocycles. The summed E-state index contributed by atoms with van der Waals surface area (Å²) in [7, 11) is 0. The number of nitrogens with zero attached hydrogens (tertiary/aromatic N) is 2. The molecule has 2 nitrogen and oxygen atoms in total. The SMILES string of the molecule is Fc1ccc2c(c1)CN(c1nccs1)S2. The van der Waals surface area contributed by atoms with Crippen molar-refractivity contribution in [2.45, 2.75) is 11.4 Å². The highest BCUT2D eigenvalue weighted by Gasteiger charge is 2.22. The summed E-state index contributed by atoms with van der Waals surface area (Å²) in [5, 5.41) is 2.91. The summed E-state index contributed by atoms with van der Waals surface area (Å²) in [6.45, 7) is 0.727. The van der Waals surface area contributed by atoms with E-state index in [1.165, 1.54) is 6.07 Å². The van der Waals surface area contributed by atoms with Crippen LogP contribution in [0.5, 0.6) is 0 Å². The Labute approximate surface area is 94.9 Å². The van der Waals surface area contributed by atoms with Gasteiger partial charge in [-0.05, 0) is 35.7 Å². The number of thiazole rings is 1. The first kappa shape index (κ1) is 9.18. The monoisotopic (exact) mass is 238 g/mol. The molecule has 1 aliphatic rings. The van der Waals surface area contributed by atoms with Crippen molar-refractivity contribution in [2.75, 3.05) is 4.31 Å². The maximum absolute atomic E-state index is 13.0. The van der Waals surface area contributed by atoms with E-state index in [1.807, 2.05) is 11.4 Å². The molecule has 0 N–H and O–H groups in total. The Morgan fingerprint density at radius 1 is 1.40 bits per heavy atom. The van der Waals surface area contributed by atoms with Crippen LogP contribution < -0.4 is 4.31 Å². The van der Waals surface area contributed by atoms with Gasteiger partial charge in [0.25, 0.3) is 0 Å². The average Bonchev–Trinajstić information content (AvgIpc) is 2.84. The molecule has 0 fully saturated rings. The number of halogens is 1. The fraction of sp³-hybridized carbons (Fsp3) is 0.100. The van der Waals surface area contributed by atoms with Crippen molar-refractivity contribution in [3.63, 3.8) is 0 Å². The van der Waals surface area contributed by atoms with Crippen LogP contribution in [-0.2, 0) is 6.54 Å². The molecular weight excluding hydrogens is 231 g/mol. The van der Waals surface area contributed by atoms with Crippen molar-refractivity contribution >= 4 is 28.4 Å². The first-order valence-corrected chi connectivity index (χ1v) is 6.12. The fourth-order valence-electron chi connectivity index (χ4n) is 1.51. The zero-order valence-corrected chi connectivity index (χ0v) is 9.32. The predicted molar refractivity (Wildman–Crippen MR) is 60.6 cm³/mol. The highest BCUT2D eigenvalue weighted by molar-refractivity contribution is 8.01. The molecule has 0 spiro atoms. The molecule has 0 saturated carbocycles. The topological polar surface area (TPSA) is 16.1 Å². The third-order valence-electron chi connectivity index (χ3n) is 2.18. The van der Waals surface area contributed by atoms with Crippen LogP contribution in [0.25, 0.3) is 0 Å². The average molecular weight is 238 g/mol. The summed E-state index contributed by atoms with van der Waals surface area (Å²) in [5.41, 5.74) is 1.04. The van der Waals surface area contributed by atoms with Gasteiger partial charge in [0, 0.05) is 16.5 Å². The Morgan fingerprint density at radius 2 is 2.33 bits per heavy atom. The molecule has 2 heterocycles. The van der Waals surface area contributed by atoms with Gasteiger partial charge < -0.3 is 0 Å². The van der Waals surface area contributed by atoms with Crippen LogP contribution in [0.2, 0.25) is 0 Å². The Kier molecular flexibility index (Phi) is 2.14. The molecular formula is C10H7FN2S2. The number of hydrogen-bond acceptors (Lipinski definition) is 4. The van der Waals surface area contributed by atoms with E-state index in [4.69, 9.17) is 0 Å². The lowest BCUT2D eigenvalue weighted by Crippen LogP contribution is -2.06. The molecule has 0 unspecified atom stereocenters. The smallest absolute Gasteiger partial charge is 0.195 e. The minimum atomic E-state index is -0.171. The van der Waals surface area contributed by atoms with Crippen LogP contribution in [0.1, 0.15) is 5.56 Å². The Balaban J connectivity index is 1.92. The van der Waals surface area contributed by atoms with Crippen LogP contribution in [0.3, 0.4) is 0 Å². The predicted octanol–water partition coefficient (Wildman–Crippen LogP) is 3.31. The number of hydrogen-bond donors (Lipinski definition) is 0. The van der Waals surface area contributed by atoms with Crippen LogP contribution >= 0.6 is 23.3 Å². The van der Waals surface area contributed by atoms with Gasteiger partial charge >= 0.3 is 0 Å². The van der Waals surface area contributed by atoms with Crippen LogP contribution in [0, 0.1) is 5.82 Å². The minimum absolute atomic E-state index is 0.171. The third kappa shape index (κ3) is 1.61. The molecule has 0 aliphatic carbocycles. The summed E-state index contributed by atoms with van der Waals surface area (Å²) >= 11 is 3.21. The van der Waals surface area contributed by atoms with Crippen molar-refractivity contribution < 1.29 is 4.39 Å². The van der Waals surface area contributed by atoms with Gasteiger partial charge in [0.05, 0.1) is 6.54 Å². The molecule has 15 heavy (non-hydrogen) atoms. The lowest BCUT2D eigenvalue weighted by molar-refractivity contribution is 0.624. The highest BCUT2D eigenvalue weighted by atomic mass is 32.2. The summed E-state index contributed by atoms with van der Waals surface area (Å²) in [6.07, 6.45) is 1.78. The standard InChI is InChI=1S/C10H7FN2S2/c11-8-1-2-9-7(5-8)6-13(15-9)10-12-3-4-14-10/h1-5H,6H2. The molecule has 0 saturated heterocycles. The van der Waals surface area contributed by atoms with E-state index in [9.17, 15) is 4.39 Å². The lowest BCUT2D eigenvalue weighted by Gasteiger charge is -2.10. The van der Waals surface area contributed by atoms with Crippen LogP contribution in [0.4, 0.5) is 9.52 Å². The van der Waals surface area contributed by atoms with Crippen molar-refractivity contribution in [2.24, 2.45) is 0 Å². The lowest BCUT2D eigenvalue weighted by atomic mass is 10.2. The number of aromatic nitrogens is 1. The molecule has 3 rings (SSSR count). The molecule has 0 atom stereocenters. The van der Waals surface area contributed by atoms with E-state index >= 15 is 0 Å². The molecule has 0 radical (unpaired) electrons. The Morgan fingerprint density at radius 3 is 3.13 bits per heavy atom. The second kappa shape index (κ2) is 3.50. The van der Waals surface area contributed by atoms with Gasteiger partial charge in [-0.1, -0.05) is 0 Å². The van der Waals surface area contributed by atoms with E-state index in [-0.39, 0.29) is 5.82 Å². The summed E-state index contributed by atoms with van der Waals surface area (Å²) in [4.78, 5) is 5.35. The van der Waals surface area contributed by atoms with Gasteiger partial charge in [0.1, 0.15) is 5.82 Å². The van der Waals surface area contributed by atoms with Gasteiger partial charge in [-0.2, -0.15) is 0 Å². The van der Waals surface area contributed by atoms with Crippen LogP contribution in [-0.4, -0.2) is 4.98 Å². The molecule has 0 amide bonds. The first-order valence-electron chi connectivity index (χ1n) is 4.46. The summed E-state index contributed by atoms with van der Waals surface area (Å²) in [6, 6.07) is 4.91. The number of fused-ring (bicyclic) bond motifs is 1. The minimum Gasteiger partial charge on any atom is -0.283 e. The fourth-order valence-corrected chi connectivity index (χ4v) is 3.24. The van der Waals surface area contributed by atoms with Crippen molar-refractivity contribution in [1.29, 1.82) is 0 Å². The second-order valence-corrected chi connectivity index (χ2v) is 5.13. The Bertz CT molecular complexity index is 484. The zero-order chi connectivity index (χ0) is 10.3. The largest absolute Gasteiger partial charge is 0.283 e. The van der Waals surface area contributed by atoms with Crippen molar-refractivity contribution in [3.05, 3.63) is 41.2 Å². The second-order valence-electron chi connectivity index (χ2n) is 3.19. The van der Waals surface area contributed by atoms with Gasteiger partial charge in [-0.15, -0.1) is 11.3 Å². The van der Waals surface area contributed by atoms with Gasteiger partial charge in [-0.3, -0.25) is 4.31 Å². The first-order chi connectivity index (χ1) is 7.33. The summed E-state index contributed by atoms with van der Waals surface area (Å²) < 4.78 is 15.1. The maximum atomic E-state index is 13.0. The maximum Gasteiger partial charge on any atom is 0.195 e. The van der Waals surface area contributed by atoms with Crippen molar-refractivity contribution in [3.8, 4) is 0 Å². The molecule has 0 bridgehead atoms. The summed E-state index contributed by atoms with van der Waals surface area (Å²) in [5.74, 6) is -0.171. The molecule has 2 aromatic rings. The van der Waals surface area contributed by atoms with Gasteiger partial charge in [-0.25, -0.2) is 9.37 Å². The van der Waals surface area contributed by atoms with Crippen molar-refractivity contribution in [1.82, 2.24) is 4.98 Å². The van der Waals surface area contributed by atoms with E-state index in [2.05, 4.69) is 9.29 Å². The van der Waals surface area contributed by atoms with Crippen LogP contribution in [0.15, 0.2) is 34.7 Å². The quantitative estimate of drug-likeness (QED) is 0.709. The van der Waals surface area contributed by atoms with E-state index < -0.39 is 0 Å². The molecule has 1 aromatic heterocycles. The number of rotatable bonds is 1. The highest BCUT2D eigenvalue weighted by Crippen LogP contribution is 2.40. The molecule has 1 aromatic carbocycles. The Hall–Kier alpha value is -1.07. The van der Waals surface area contributed by atoms with Gasteiger partial charge in [0.2, 0.25) is 0 Å². The molecule has 5 heteroatoms. The van der Waals surface area contributed by atoms with E-state index in [0.717, 1.165) is 22.1 Å². The third-order valence-corrected chi connectivity index (χ3v) is 4.21. The van der Waals surface area contributed by atoms with E-state index in [0.29, 0.717) is 0 Å².